The fourth-order valence-electron chi connectivity index (χ4n) is 3.91. The number of aliphatic hydroxyl groups is 1. The predicted molar refractivity (Wildman–Crippen MR) is 163 cm³/mol. The van der Waals surface area contributed by atoms with Crippen molar-refractivity contribution in [2.45, 2.75) is 25.6 Å². The van der Waals surface area contributed by atoms with E-state index < -0.39 is 17.7 Å². The molecule has 0 fully saturated rings. The van der Waals surface area contributed by atoms with Crippen LogP contribution in [0.5, 0.6) is 0 Å². The van der Waals surface area contributed by atoms with E-state index in [0.29, 0.717) is 22.8 Å². The zero-order valence-electron chi connectivity index (χ0n) is 22.5. The molecule has 0 aliphatic rings. The number of pyridine rings is 2. The van der Waals surface area contributed by atoms with Gasteiger partial charge in [0, 0.05) is 29.7 Å². The van der Waals surface area contributed by atoms with Crippen LogP contribution in [0.15, 0.2) is 73.1 Å². The number of hydrogen-bond acceptors (Lipinski definition) is 9. The Balaban J connectivity index is 1.46. The van der Waals surface area contributed by atoms with E-state index in [1.54, 1.807) is 17.4 Å². The van der Waals surface area contributed by atoms with E-state index in [-0.39, 0.29) is 22.9 Å². The van der Waals surface area contributed by atoms with E-state index in [1.807, 2.05) is 54.6 Å². The van der Waals surface area contributed by atoms with Gasteiger partial charge in [-0.1, -0.05) is 41.9 Å². The van der Waals surface area contributed by atoms with E-state index in [1.165, 1.54) is 32.3 Å². The van der Waals surface area contributed by atoms with Crippen LogP contribution in [0.3, 0.4) is 0 Å². The highest BCUT2D eigenvalue weighted by Crippen LogP contribution is 2.33. The van der Waals surface area contributed by atoms with E-state index >= 15 is 0 Å². The van der Waals surface area contributed by atoms with E-state index in [4.69, 9.17) is 21.8 Å². The SMILES string of the molecule is CC(C)(O)[C@H](F)CNC(=O)c1cnc(Nc2ncc(C#N)cc2Cl)cc1Nc1ccc2nc(-c3ccccc3)sc2c1. The summed E-state index contributed by atoms with van der Waals surface area (Å²) in [5.74, 6) is 0.0118. The summed E-state index contributed by atoms with van der Waals surface area (Å²) in [5, 5.41) is 28.9. The van der Waals surface area contributed by atoms with Crippen LogP contribution < -0.4 is 16.0 Å². The second-order valence-electron chi connectivity index (χ2n) is 9.93. The number of aromatic nitrogens is 3. The van der Waals surface area contributed by atoms with Crippen LogP contribution in [0, 0.1) is 11.3 Å². The number of nitrogens with one attached hydrogen (secondary N) is 3. The van der Waals surface area contributed by atoms with Crippen LogP contribution in [-0.4, -0.2) is 44.3 Å². The van der Waals surface area contributed by atoms with Gasteiger partial charge in [-0.2, -0.15) is 5.26 Å². The molecule has 0 aliphatic carbocycles. The number of carbonyl (C=O) groups excluding carboxylic acids is 1. The van der Waals surface area contributed by atoms with Crippen LogP contribution in [-0.2, 0) is 0 Å². The quantitative estimate of drug-likeness (QED) is 0.148. The Bertz CT molecular complexity index is 1800. The average molecular weight is 602 g/mol. The molecule has 4 N–H and O–H groups in total. The van der Waals surface area contributed by atoms with Gasteiger partial charge >= 0.3 is 0 Å². The van der Waals surface area contributed by atoms with Gasteiger partial charge in [-0.3, -0.25) is 4.79 Å². The van der Waals surface area contributed by atoms with Crippen LogP contribution >= 0.6 is 22.9 Å². The maximum atomic E-state index is 14.4. The van der Waals surface area contributed by atoms with E-state index in [2.05, 4.69) is 25.9 Å². The van der Waals surface area contributed by atoms with Crippen LogP contribution in [0.4, 0.5) is 27.4 Å². The van der Waals surface area contributed by atoms with Crippen molar-refractivity contribution in [2.24, 2.45) is 0 Å². The fourth-order valence-corrected chi connectivity index (χ4v) is 5.13. The number of nitrogens with zero attached hydrogens (tertiary/aromatic N) is 4. The monoisotopic (exact) mass is 601 g/mol. The molecule has 2 aromatic carbocycles. The molecule has 12 heteroatoms. The maximum absolute atomic E-state index is 14.4. The molecule has 0 saturated carbocycles. The molecule has 0 bridgehead atoms. The molecule has 42 heavy (non-hydrogen) atoms. The number of fused-ring (bicyclic) bond motifs is 1. The summed E-state index contributed by atoms with van der Waals surface area (Å²) in [7, 11) is 0. The van der Waals surface area contributed by atoms with Gasteiger partial charge in [-0.05, 0) is 38.1 Å². The standard InChI is InChI=1S/C30H25ClFN7O2S/c1-30(2,41)25(32)16-36-28(40)20-15-34-26(39-27-21(31)10-17(13-33)14-35-27)12-23(20)37-19-8-9-22-24(11-19)42-29(38-22)18-6-4-3-5-7-18/h3-12,14-15,25,41H,16H2,1-2H3,(H,36,40)(H2,34,35,37,39)/t25-/m1/s1. The molecule has 5 rings (SSSR count). The molecule has 0 radical (unpaired) electrons. The summed E-state index contributed by atoms with van der Waals surface area (Å²) in [6.07, 6.45) is 1.04. The van der Waals surface area contributed by atoms with Crippen LogP contribution in [0.2, 0.25) is 5.02 Å². The van der Waals surface area contributed by atoms with Crippen molar-refractivity contribution in [1.29, 1.82) is 5.26 Å². The largest absolute Gasteiger partial charge is 0.387 e. The second-order valence-corrected chi connectivity index (χ2v) is 11.4. The molecule has 0 unspecified atom stereocenters. The highest BCUT2D eigenvalue weighted by molar-refractivity contribution is 7.21. The third-order valence-corrected chi connectivity index (χ3v) is 7.62. The van der Waals surface area contributed by atoms with Gasteiger partial charge in [0.15, 0.2) is 0 Å². The number of nitriles is 1. The Morgan fingerprint density at radius 2 is 1.90 bits per heavy atom. The van der Waals surface area contributed by atoms with E-state index in [9.17, 15) is 14.3 Å². The van der Waals surface area contributed by atoms with Gasteiger partial charge in [0.2, 0.25) is 0 Å². The minimum Gasteiger partial charge on any atom is -0.387 e. The minimum atomic E-state index is -1.68. The summed E-state index contributed by atoms with van der Waals surface area (Å²) in [6.45, 7) is 2.28. The third-order valence-electron chi connectivity index (χ3n) is 6.26. The topological polar surface area (TPSA) is 136 Å². The molecule has 9 nitrogen and oxygen atoms in total. The Morgan fingerprint density at radius 3 is 2.62 bits per heavy atom. The number of amides is 1. The summed E-state index contributed by atoms with van der Waals surface area (Å²) in [5.41, 5.74) is 1.75. The zero-order chi connectivity index (χ0) is 29.9. The van der Waals surface area contributed by atoms with Crippen molar-refractivity contribution >= 4 is 62.1 Å². The summed E-state index contributed by atoms with van der Waals surface area (Å²) < 4.78 is 15.3. The van der Waals surface area contributed by atoms with Gasteiger partial charge in [0.25, 0.3) is 5.91 Å². The molecule has 212 valence electrons. The molecule has 5 aromatic rings. The van der Waals surface area contributed by atoms with Crippen molar-refractivity contribution in [3.8, 4) is 16.6 Å². The van der Waals surface area contributed by atoms with Crippen molar-refractivity contribution in [3.63, 3.8) is 0 Å². The molecular formula is C30H25ClFN7O2S. The molecule has 0 aliphatic heterocycles. The molecule has 1 atom stereocenters. The molecule has 0 saturated heterocycles. The highest BCUT2D eigenvalue weighted by Gasteiger charge is 2.27. The Morgan fingerprint density at radius 1 is 1.12 bits per heavy atom. The van der Waals surface area contributed by atoms with Crippen molar-refractivity contribution in [2.75, 3.05) is 17.2 Å². The lowest BCUT2D eigenvalue weighted by Gasteiger charge is -2.22. The third kappa shape index (κ3) is 6.63. The lowest BCUT2D eigenvalue weighted by molar-refractivity contribution is -0.00177. The van der Waals surface area contributed by atoms with Gasteiger partial charge in [0.05, 0.1) is 44.2 Å². The van der Waals surface area contributed by atoms with Crippen molar-refractivity contribution < 1.29 is 14.3 Å². The molecular weight excluding hydrogens is 577 g/mol. The van der Waals surface area contributed by atoms with E-state index in [0.717, 1.165) is 20.8 Å². The zero-order valence-corrected chi connectivity index (χ0v) is 24.1. The first-order chi connectivity index (χ1) is 20.1. The summed E-state index contributed by atoms with van der Waals surface area (Å²) in [4.78, 5) is 26.3. The Kier molecular flexibility index (Phi) is 8.31. The molecule has 1 amide bonds. The number of benzene rings is 2. The predicted octanol–water partition coefficient (Wildman–Crippen LogP) is 6.60. The maximum Gasteiger partial charge on any atom is 0.255 e. The van der Waals surface area contributed by atoms with Gasteiger partial charge in [-0.15, -0.1) is 11.3 Å². The first kappa shape index (κ1) is 28.9. The Hall–Kier alpha value is -4.63. The van der Waals surface area contributed by atoms with Crippen molar-refractivity contribution in [3.05, 3.63) is 89.2 Å². The number of thiazole rings is 1. The number of rotatable bonds is 9. The number of hydrogen-bond donors (Lipinski definition) is 4. The highest BCUT2D eigenvalue weighted by atomic mass is 35.5. The number of alkyl halides is 1. The van der Waals surface area contributed by atoms with Crippen molar-refractivity contribution in [1.82, 2.24) is 20.3 Å². The fraction of sp³-hybridized carbons (Fsp3) is 0.167. The van der Waals surface area contributed by atoms with Crippen LogP contribution in [0.1, 0.15) is 29.8 Å². The Labute approximate surface area is 250 Å². The molecule has 0 spiro atoms. The molecule has 3 aromatic heterocycles. The normalized spacial score (nSPS) is 12.0. The second kappa shape index (κ2) is 12.1. The smallest absolute Gasteiger partial charge is 0.255 e. The van der Waals surface area contributed by atoms with Gasteiger partial charge in [0.1, 0.15) is 28.9 Å². The molecule has 3 heterocycles. The first-order valence-electron chi connectivity index (χ1n) is 12.8. The summed E-state index contributed by atoms with van der Waals surface area (Å²) in [6, 6.07) is 20.6. The number of halogens is 2. The summed E-state index contributed by atoms with van der Waals surface area (Å²) >= 11 is 7.82. The van der Waals surface area contributed by atoms with Gasteiger partial charge < -0.3 is 21.1 Å². The number of anilines is 4. The minimum absolute atomic E-state index is 0.150. The lowest BCUT2D eigenvalue weighted by atomic mass is 10.0. The average Bonchev–Trinajstić information content (AvgIpc) is 3.40. The lowest BCUT2D eigenvalue weighted by Crippen LogP contribution is -2.42. The van der Waals surface area contributed by atoms with Gasteiger partial charge in [-0.25, -0.2) is 19.3 Å². The van der Waals surface area contributed by atoms with Crippen LogP contribution in [0.25, 0.3) is 20.8 Å². The first-order valence-corrected chi connectivity index (χ1v) is 14.0. The number of carbonyl (C=O) groups is 1.